The Hall–Kier alpha value is -0.720. The number of hydrogen-bond donors (Lipinski definition) is 1. The number of nitriles is 1. The third-order valence-electron chi connectivity index (χ3n) is 0.940. The Labute approximate surface area is 68.9 Å². The first-order valence-electron chi connectivity index (χ1n) is 2.48. The second-order valence-corrected chi connectivity index (χ2v) is 2.55. The predicted octanol–water partition coefficient (Wildman–Crippen LogP) is 1.90. The molecule has 2 nitrogen and oxygen atoms in total. The van der Waals surface area contributed by atoms with Crippen molar-refractivity contribution in [2.24, 2.45) is 0 Å². The Balaban J connectivity index is 3.23. The van der Waals surface area contributed by atoms with Crippen LogP contribution in [0.5, 0.6) is 0 Å². The zero-order valence-electron chi connectivity index (χ0n) is 4.87. The minimum absolute atomic E-state index is 0.299. The van der Waals surface area contributed by atoms with Crippen LogP contribution in [0.3, 0.4) is 0 Å². The lowest BCUT2D eigenvalue weighted by Gasteiger charge is -1.92. The van der Waals surface area contributed by atoms with E-state index in [1.807, 2.05) is 6.07 Å². The molecule has 0 aromatic carbocycles. The van der Waals surface area contributed by atoms with Gasteiger partial charge >= 0.3 is 0 Å². The maximum atomic E-state index is 8.40. The molecule has 0 atom stereocenters. The van der Waals surface area contributed by atoms with Crippen molar-refractivity contribution < 1.29 is 0 Å². The molecule has 0 saturated carbocycles. The van der Waals surface area contributed by atoms with Crippen LogP contribution in [-0.4, -0.2) is 4.98 Å². The maximum Gasteiger partial charge on any atom is 0.153 e. The monoisotopic (exact) mass is 170 g/mol. The highest BCUT2D eigenvalue weighted by Gasteiger charge is 1.97. The quantitative estimate of drug-likeness (QED) is 0.604. The highest BCUT2D eigenvalue weighted by Crippen LogP contribution is 2.15. The molecule has 0 radical (unpaired) electrons. The molecule has 0 unspecified atom stereocenters. The van der Waals surface area contributed by atoms with Crippen LogP contribution in [0.15, 0.2) is 17.2 Å². The molecule has 0 bridgehead atoms. The van der Waals surface area contributed by atoms with Gasteiger partial charge in [0.2, 0.25) is 0 Å². The second-order valence-electron chi connectivity index (χ2n) is 1.63. The third kappa shape index (κ3) is 1.41. The van der Waals surface area contributed by atoms with E-state index in [2.05, 4.69) is 17.6 Å². The van der Waals surface area contributed by atoms with E-state index in [1.54, 1.807) is 6.07 Å². The zero-order chi connectivity index (χ0) is 7.56. The lowest BCUT2D eigenvalue weighted by molar-refractivity contribution is 1.18. The minimum Gasteiger partial charge on any atom is -0.243 e. The Morgan fingerprint density at radius 1 is 1.70 bits per heavy atom. The minimum atomic E-state index is 0.299. The summed E-state index contributed by atoms with van der Waals surface area (Å²) < 4.78 is 0. The summed E-state index contributed by atoms with van der Waals surface area (Å²) in [6.45, 7) is 0. The van der Waals surface area contributed by atoms with Gasteiger partial charge < -0.3 is 0 Å². The highest BCUT2D eigenvalue weighted by atomic mass is 35.5. The lowest BCUT2D eigenvalue weighted by Crippen LogP contribution is -1.82. The van der Waals surface area contributed by atoms with Gasteiger partial charge in [0.25, 0.3) is 0 Å². The number of nitrogens with zero attached hydrogens (tertiary/aromatic N) is 2. The van der Waals surface area contributed by atoms with Crippen LogP contribution in [-0.2, 0) is 0 Å². The third-order valence-corrected chi connectivity index (χ3v) is 1.49. The van der Waals surface area contributed by atoms with Crippen LogP contribution >= 0.6 is 24.2 Å². The molecule has 1 aromatic heterocycles. The number of hydrogen-bond acceptors (Lipinski definition) is 3. The van der Waals surface area contributed by atoms with E-state index in [0.717, 1.165) is 0 Å². The van der Waals surface area contributed by atoms with Gasteiger partial charge in [-0.1, -0.05) is 11.6 Å². The topological polar surface area (TPSA) is 36.7 Å². The molecular formula is C6H3ClN2S. The van der Waals surface area contributed by atoms with Crippen LogP contribution in [0, 0.1) is 11.3 Å². The van der Waals surface area contributed by atoms with E-state index in [0.29, 0.717) is 15.6 Å². The number of halogens is 1. The summed E-state index contributed by atoms with van der Waals surface area (Å²) in [7, 11) is 0. The first kappa shape index (κ1) is 7.39. The van der Waals surface area contributed by atoms with E-state index in [9.17, 15) is 0 Å². The standard InChI is InChI=1S/C6H3ClN2S/c7-4-1-6(10)5(2-8)9-3-4/h1,3,10H. The zero-order valence-corrected chi connectivity index (χ0v) is 6.52. The molecular weight excluding hydrogens is 168 g/mol. The first-order chi connectivity index (χ1) is 4.74. The predicted molar refractivity (Wildman–Crippen MR) is 41.2 cm³/mol. The molecule has 1 heterocycles. The van der Waals surface area contributed by atoms with Gasteiger partial charge in [-0.15, -0.1) is 12.6 Å². The summed E-state index contributed by atoms with van der Waals surface area (Å²) in [6.07, 6.45) is 1.42. The molecule has 10 heavy (non-hydrogen) atoms. The van der Waals surface area contributed by atoms with Gasteiger partial charge in [0.15, 0.2) is 5.69 Å². The van der Waals surface area contributed by atoms with Gasteiger partial charge in [0, 0.05) is 11.1 Å². The van der Waals surface area contributed by atoms with Crippen LogP contribution < -0.4 is 0 Å². The SMILES string of the molecule is N#Cc1ncc(Cl)cc1S. The van der Waals surface area contributed by atoms with Gasteiger partial charge in [-0.3, -0.25) is 0 Å². The summed E-state index contributed by atoms with van der Waals surface area (Å²) in [4.78, 5) is 4.24. The summed E-state index contributed by atoms with van der Waals surface area (Å²) in [6, 6.07) is 3.46. The Kier molecular flexibility index (Phi) is 2.15. The summed E-state index contributed by atoms with van der Waals surface area (Å²) in [5.74, 6) is 0. The van der Waals surface area contributed by atoms with E-state index in [1.165, 1.54) is 6.20 Å². The fourth-order valence-corrected chi connectivity index (χ4v) is 0.996. The van der Waals surface area contributed by atoms with Crippen molar-refractivity contribution >= 4 is 24.2 Å². The molecule has 0 spiro atoms. The molecule has 0 fully saturated rings. The maximum absolute atomic E-state index is 8.40. The van der Waals surface area contributed by atoms with Crippen LogP contribution in [0.1, 0.15) is 5.69 Å². The fraction of sp³-hybridized carbons (Fsp3) is 0. The van der Waals surface area contributed by atoms with E-state index < -0.39 is 0 Å². The van der Waals surface area contributed by atoms with Gasteiger partial charge in [-0.25, -0.2) is 4.98 Å². The Morgan fingerprint density at radius 3 is 2.90 bits per heavy atom. The lowest BCUT2D eigenvalue weighted by atomic mass is 10.4. The van der Waals surface area contributed by atoms with E-state index in [-0.39, 0.29) is 0 Å². The van der Waals surface area contributed by atoms with Crippen LogP contribution in [0.2, 0.25) is 5.02 Å². The van der Waals surface area contributed by atoms with Crippen molar-refractivity contribution in [3.8, 4) is 6.07 Å². The molecule has 0 aliphatic heterocycles. The second kappa shape index (κ2) is 2.91. The van der Waals surface area contributed by atoms with Gasteiger partial charge in [-0.2, -0.15) is 5.26 Å². The molecule has 0 amide bonds. The Bertz CT molecular complexity index is 292. The number of rotatable bonds is 0. The average molecular weight is 171 g/mol. The smallest absolute Gasteiger partial charge is 0.153 e. The van der Waals surface area contributed by atoms with Crippen molar-refractivity contribution in [3.05, 3.63) is 23.0 Å². The molecule has 1 rings (SSSR count). The molecule has 0 aliphatic carbocycles. The number of pyridine rings is 1. The molecule has 50 valence electrons. The van der Waals surface area contributed by atoms with Crippen molar-refractivity contribution in [3.63, 3.8) is 0 Å². The van der Waals surface area contributed by atoms with Gasteiger partial charge in [0.05, 0.1) is 5.02 Å². The van der Waals surface area contributed by atoms with Gasteiger partial charge in [-0.05, 0) is 6.07 Å². The average Bonchev–Trinajstić information content (AvgIpc) is 1.88. The molecule has 4 heteroatoms. The molecule has 0 aliphatic rings. The number of thiol groups is 1. The van der Waals surface area contributed by atoms with Crippen LogP contribution in [0.25, 0.3) is 0 Å². The fourth-order valence-electron chi connectivity index (χ4n) is 0.515. The van der Waals surface area contributed by atoms with Crippen molar-refractivity contribution in [1.29, 1.82) is 5.26 Å². The summed E-state index contributed by atoms with van der Waals surface area (Å²) >= 11 is 9.53. The largest absolute Gasteiger partial charge is 0.243 e. The highest BCUT2D eigenvalue weighted by molar-refractivity contribution is 7.80. The van der Waals surface area contributed by atoms with Gasteiger partial charge in [0.1, 0.15) is 6.07 Å². The van der Waals surface area contributed by atoms with E-state index >= 15 is 0 Å². The molecule has 0 N–H and O–H groups in total. The van der Waals surface area contributed by atoms with E-state index in [4.69, 9.17) is 16.9 Å². The van der Waals surface area contributed by atoms with Crippen LogP contribution in [0.4, 0.5) is 0 Å². The number of aromatic nitrogens is 1. The summed E-state index contributed by atoms with van der Waals surface area (Å²) in [5.41, 5.74) is 0.299. The van der Waals surface area contributed by atoms with Crippen molar-refractivity contribution in [2.45, 2.75) is 4.90 Å². The molecule has 0 saturated heterocycles. The summed E-state index contributed by atoms with van der Waals surface area (Å²) in [5, 5.41) is 8.89. The van der Waals surface area contributed by atoms with Crippen molar-refractivity contribution in [1.82, 2.24) is 4.98 Å². The Morgan fingerprint density at radius 2 is 2.40 bits per heavy atom. The normalized spacial score (nSPS) is 8.90. The van der Waals surface area contributed by atoms with Crippen molar-refractivity contribution in [2.75, 3.05) is 0 Å². The molecule has 1 aromatic rings. The first-order valence-corrected chi connectivity index (χ1v) is 3.31.